The molecule has 2 aromatic rings. The zero-order valence-corrected chi connectivity index (χ0v) is 18.1. The molecule has 10 nitrogen and oxygen atoms in total. The Labute approximate surface area is 178 Å². The third-order valence-corrected chi connectivity index (χ3v) is 6.62. The predicted molar refractivity (Wildman–Crippen MR) is 113 cm³/mol. The Bertz CT molecular complexity index is 956. The summed E-state index contributed by atoms with van der Waals surface area (Å²) in [4.78, 5) is 25.6. The second-order valence-electron chi connectivity index (χ2n) is 7.45. The van der Waals surface area contributed by atoms with E-state index in [0.717, 1.165) is 17.4 Å². The van der Waals surface area contributed by atoms with Gasteiger partial charge in [-0.2, -0.15) is 0 Å². The van der Waals surface area contributed by atoms with Gasteiger partial charge in [0.25, 0.3) is 5.56 Å². The fourth-order valence-corrected chi connectivity index (χ4v) is 4.72. The van der Waals surface area contributed by atoms with Crippen molar-refractivity contribution in [3.05, 3.63) is 44.5 Å². The van der Waals surface area contributed by atoms with E-state index in [4.69, 9.17) is 4.74 Å². The molecule has 11 heteroatoms. The second-order valence-corrected chi connectivity index (χ2v) is 8.87. The molecule has 0 bridgehead atoms. The van der Waals surface area contributed by atoms with E-state index in [9.17, 15) is 19.8 Å². The van der Waals surface area contributed by atoms with Gasteiger partial charge in [0.05, 0.1) is 49.2 Å². The van der Waals surface area contributed by atoms with Crippen LogP contribution >= 0.6 is 11.8 Å². The van der Waals surface area contributed by atoms with Gasteiger partial charge in [0.2, 0.25) is 0 Å². The molecule has 3 heterocycles. The molecule has 1 aliphatic heterocycles. The van der Waals surface area contributed by atoms with Crippen molar-refractivity contribution in [1.82, 2.24) is 24.1 Å². The number of aliphatic hydroxyl groups excluding tert-OH is 2. The van der Waals surface area contributed by atoms with E-state index in [0.29, 0.717) is 37.4 Å². The number of thioether (sulfide) groups is 1. The molecule has 1 aliphatic rings. The first kappa shape index (κ1) is 22.7. The summed E-state index contributed by atoms with van der Waals surface area (Å²) in [7, 11) is 0. The highest BCUT2D eigenvalue weighted by molar-refractivity contribution is 8.00. The maximum atomic E-state index is 13.0. The molecule has 0 saturated carbocycles. The zero-order chi connectivity index (χ0) is 21.7. The van der Waals surface area contributed by atoms with Gasteiger partial charge >= 0.3 is 5.69 Å². The molecule has 0 spiro atoms. The van der Waals surface area contributed by atoms with Crippen LogP contribution < -0.4 is 11.2 Å². The zero-order valence-electron chi connectivity index (χ0n) is 17.3. The number of hydrogen-bond acceptors (Lipinski definition) is 8. The minimum Gasteiger partial charge on any atom is -0.395 e. The number of aryl methyl sites for hydroxylation is 1. The number of hydrogen-bond donors (Lipinski definition) is 2. The molecule has 1 fully saturated rings. The van der Waals surface area contributed by atoms with E-state index in [1.165, 1.54) is 22.5 Å². The Balaban J connectivity index is 1.75. The lowest BCUT2D eigenvalue weighted by Crippen LogP contribution is -2.41. The summed E-state index contributed by atoms with van der Waals surface area (Å²) < 4.78 is 9.76. The van der Waals surface area contributed by atoms with E-state index >= 15 is 0 Å². The number of unbranched alkanes of at least 4 members (excludes halogenated alkanes) is 1. The smallest absolute Gasteiger partial charge is 0.332 e. The van der Waals surface area contributed by atoms with Crippen LogP contribution in [0, 0.1) is 6.92 Å². The van der Waals surface area contributed by atoms with Crippen LogP contribution in [0.15, 0.2) is 22.0 Å². The van der Waals surface area contributed by atoms with Crippen LogP contribution in [0.5, 0.6) is 0 Å². The summed E-state index contributed by atoms with van der Waals surface area (Å²) in [5.74, 6) is 0. The maximum Gasteiger partial charge on any atom is 0.332 e. The summed E-state index contributed by atoms with van der Waals surface area (Å²) in [5.41, 5.74) is 0.0865. The lowest BCUT2D eigenvalue weighted by Gasteiger charge is -2.16. The van der Waals surface area contributed by atoms with Gasteiger partial charge < -0.3 is 14.9 Å². The summed E-state index contributed by atoms with van der Waals surface area (Å²) in [5, 5.41) is 26.9. The summed E-state index contributed by atoms with van der Waals surface area (Å²) in [6.45, 7) is 5.38. The van der Waals surface area contributed by atoms with Crippen molar-refractivity contribution in [2.75, 3.05) is 19.8 Å². The van der Waals surface area contributed by atoms with E-state index in [1.54, 1.807) is 17.8 Å². The number of aromatic nitrogens is 5. The number of nitrogens with zero attached hydrogens (tertiary/aromatic N) is 5. The third-order valence-electron chi connectivity index (χ3n) is 5.07. The number of aliphatic hydroxyl groups is 2. The van der Waals surface area contributed by atoms with Crippen molar-refractivity contribution in [3.63, 3.8) is 0 Å². The lowest BCUT2D eigenvalue weighted by atomic mass is 10.2. The van der Waals surface area contributed by atoms with Crippen LogP contribution in [-0.4, -0.2) is 65.5 Å². The Kier molecular flexibility index (Phi) is 7.87. The average Bonchev–Trinajstić information content (AvgIpc) is 3.33. The van der Waals surface area contributed by atoms with Gasteiger partial charge in [-0.25, -0.2) is 9.48 Å². The molecule has 3 atom stereocenters. The number of rotatable bonds is 10. The van der Waals surface area contributed by atoms with Gasteiger partial charge in [-0.05, 0) is 13.3 Å². The molecule has 0 aliphatic carbocycles. The van der Waals surface area contributed by atoms with E-state index in [-0.39, 0.29) is 29.3 Å². The highest BCUT2D eigenvalue weighted by Crippen LogP contribution is 2.40. The first-order chi connectivity index (χ1) is 14.4. The van der Waals surface area contributed by atoms with Gasteiger partial charge in [-0.1, -0.05) is 18.6 Å². The molecule has 1 saturated heterocycles. The van der Waals surface area contributed by atoms with Crippen molar-refractivity contribution in [2.24, 2.45) is 0 Å². The highest BCUT2D eigenvalue weighted by atomic mass is 32.2. The van der Waals surface area contributed by atoms with Crippen LogP contribution in [0.1, 0.15) is 42.8 Å². The molecule has 0 aromatic carbocycles. The molecule has 166 valence electrons. The fraction of sp³-hybridized carbons (Fsp3) is 0.684. The predicted octanol–water partition coefficient (Wildman–Crippen LogP) is 0.132. The largest absolute Gasteiger partial charge is 0.395 e. The summed E-state index contributed by atoms with van der Waals surface area (Å²) in [6, 6.07) is 0. The standard InChI is InChI=1S/C19H29N5O5S/c1-3-4-6-29-7-5-22-10-14(20-21-22)11-24-18(27)13(2)9-23(19(24)28)17-8-15(26)16(12-25)30-17/h9-10,15-17,25-26H,3-8,11-12H2,1-2H3/t15?,16-,17?/m1/s1. The van der Waals surface area contributed by atoms with Crippen LogP contribution in [-0.2, 0) is 17.8 Å². The molecule has 3 rings (SSSR count). The molecule has 2 unspecified atom stereocenters. The quantitative estimate of drug-likeness (QED) is 0.501. The van der Waals surface area contributed by atoms with Crippen molar-refractivity contribution in [2.45, 2.75) is 62.9 Å². The number of ether oxygens (including phenoxy) is 1. The minimum absolute atomic E-state index is 0.0133. The SMILES string of the molecule is CCCCOCCn1cc(Cn2c(=O)c(C)cn(C3CC(O)[C@@H](CO)S3)c2=O)nn1. The van der Waals surface area contributed by atoms with Crippen LogP contribution in [0.4, 0.5) is 0 Å². The Morgan fingerprint density at radius 1 is 1.30 bits per heavy atom. The van der Waals surface area contributed by atoms with Crippen molar-refractivity contribution in [1.29, 1.82) is 0 Å². The molecule has 0 amide bonds. The summed E-state index contributed by atoms with van der Waals surface area (Å²) in [6.07, 6.45) is 4.96. The van der Waals surface area contributed by atoms with Crippen molar-refractivity contribution >= 4 is 11.8 Å². The third kappa shape index (κ3) is 5.20. The van der Waals surface area contributed by atoms with Crippen LogP contribution in [0.2, 0.25) is 0 Å². The Morgan fingerprint density at radius 2 is 2.10 bits per heavy atom. The van der Waals surface area contributed by atoms with Gasteiger partial charge in [0, 0.05) is 24.8 Å². The lowest BCUT2D eigenvalue weighted by molar-refractivity contribution is 0.120. The normalized spacial score (nSPS) is 21.4. The first-order valence-electron chi connectivity index (χ1n) is 10.2. The van der Waals surface area contributed by atoms with Gasteiger partial charge in [-0.3, -0.25) is 13.9 Å². The van der Waals surface area contributed by atoms with Gasteiger partial charge in [0.15, 0.2) is 0 Å². The molecule has 2 N–H and O–H groups in total. The van der Waals surface area contributed by atoms with Crippen LogP contribution in [0.3, 0.4) is 0 Å². The highest BCUT2D eigenvalue weighted by Gasteiger charge is 2.35. The van der Waals surface area contributed by atoms with Crippen molar-refractivity contribution in [3.8, 4) is 0 Å². The Hall–Kier alpha value is -1.95. The molecular weight excluding hydrogens is 410 g/mol. The van der Waals surface area contributed by atoms with Crippen molar-refractivity contribution < 1.29 is 14.9 Å². The first-order valence-corrected chi connectivity index (χ1v) is 11.1. The molecule has 30 heavy (non-hydrogen) atoms. The maximum absolute atomic E-state index is 13.0. The minimum atomic E-state index is -0.697. The monoisotopic (exact) mass is 439 g/mol. The average molecular weight is 440 g/mol. The topological polar surface area (TPSA) is 124 Å². The molecule has 2 aromatic heterocycles. The fourth-order valence-electron chi connectivity index (χ4n) is 3.34. The van der Waals surface area contributed by atoms with E-state index in [1.807, 2.05) is 0 Å². The Morgan fingerprint density at radius 3 is 2.80 bits per heavy atom. The van der Waals surface area contributed by atoms with Gasteiger partial charge in [0.1, 0.15) is 5.69 Å². The molecular formula is C19H29N5O5S. The van der Waals surface area contributed by atoms with E-state index < -0.39 is 11.8 Å². The van der Waals surface area contributed by atoms with Crippen LogP contribution in [0.25, 0.3) is 0 Å². The summed E-state index contributed by atoms with van der Waals surface area (Å²) >= 11 is 1.34. The van der Waals surface area contributed by atoms with Gasteiger partial charge in [-0.15, -0.1) is 16.9 Å². The van der Waals surface area contributed by atoms with E-state index in [2.05, 4.69) is 17.2 Å². The molecule has 0 radical (unpaired) electrons. The second kappa shape index (κ2) is 10.4.